The van der Waals surface area contributed by atoms with E-state index in [9.17, 15) is 13.6 Å². The van der Waals surface area contributed by atoms with Gasteiger partial charge in [-0.1, -0.05) is 0 Å². The largest absolute Gasteiger partial charge is 0.298 e. The van der Waals surface area contributed by atoms with Crippen molar-refractivity contribution in [2.45, 2.75) is 6.43 Å². The Labute approximate surface area is 81.1 Å². The van der Waals surface area contributed by atoms with Gasteiger partial charge in [-0.05, 0) is 22.6 Å². The van der Waals surface area contributed by atoms with Crippen molar-refractivity contribution in [1.29, 1.82) is 0 Å². The van der Waals surface area contributed by atoms with E-state index in [1.165, 1.54) is 6.20 Å². The lowest BCUT2D eigenvalue weighted by molar-refractivity contribution is 0.110. The van der Waals surface area contributed by atoms with Gasteiger partial charge in [-0.2, -0.15) is 0 Å². The maximum Gasteiger partial charge on any atom is 0.265 e. The number of halogens is 3. The summed E-state index contributed by atoms with van der Waals surface area (Å²) in [6.45, 7) is 0. The molecule has 0 fully saturated rings. The average Bonchev–Trinajstić information content (AvgIpc) is 2.03. The minimum Gasteiger partial charge on any atom is -0.298 e. The van der Waals surface area contributed by atoms with Crippen LogP contribution in [-0.2, 0) is 0 Å². The maximum atomic E-state index is 12.3. The van der Waals surface area contributed by atoms with Gasteiger partial charge in [0.15, 0.2) is 6.29 Å². The van der Waals surface area contributed by atoms with Gasteiger partial charge in [0.05, 0.1) is 0 Å². The van der Waals surface area contributed by atoms with Crippen LogP contribution < -0.4 is 0 Å². The Bertz CT molecular complexity index is 303. The minimum atomic E-state index is -2.62. The van der Waals surface area contributed by atoms with Crippen molar-refractivity contribution < 1.29 is 13.6 Å². The van der Waals surface area contributed by atoms with Crippen LogP contribution in [0.4, 0.5) is 8.78 Å². The van der Waals surface area contributed by atoms with Crippen LogP contribution in [0.15, 0.2) is 12.4 Å². The molecule has 0 aliphatic carbocycles. The molecule has 64 valence electrons. The molecule has 0 amide bonds. The summed E-state index contributed by atoms with van der Waals surface area (Å²) in [5, 5.41) is 0. The fourth-order valence-electron chi connectivity index (χ4n) is 0.784. The molecule has 1 aromatic rings. The summed E-state index contributed by atoms with van der Waals surface area (Å²) in [5.74, 6) is 0. The molecule has 0 atom stereocenters. The summed E-state index contributed by atoms with van der Waals surface area (Å²) in [4.78, 5) is 13.9. The number of aldehydes is 1. The van der Waals surface area contributed by atoms with E-state index in [1.54, 1.807) is 22.6 Å². The van der Waals surface area contributed by atoms with Crippen molar-refractivity contribution in [2.24, 2.45) is 0 Å². The number of hydrogen-bond acceptors (Lipinski definition) is 2. The monoisotopic (exact) mass is 283 g/mol. The topological polar surface area (TPSA) is 30.0 Å². The number of rotatable bonds is 2. The second-order valence-electron chi connectivity index (χ2n) is 2.04. The smallest absolute Gasteiger partial charge is 0.265 e. The van der Waals surface area contributed by atoms with Crippen LogP contribution in [0.2, 0.25) is 0 Å². The lowest BCUT2D eigenvalue weighted by atomic mass is 10.2. The molecule has 0 radical (unpaired) electrons. The first kappa shape index (κ1) is 9.50. The van der Waals surface area contributed by atoms with Crippen LogP contribution in [-0.4, -0.2) is 11.3 Å². The molecule has 5 heteroatoms. The summed E-state index contributed by atoms with van der Waals surface area (Å²) in [7, 11) is 0. The zero-order valence-corrected chi connectivity index (χ0v) is 7.96. The van der Waals surface area contributed by atoms with Gasteiger partial charge >= 0.3 is 0 Å². The number of hydrogen-bond donors (Lipinski definition) is 0. The molecular weight excluding hydrogens is 279 g/mol. The van der Waals surface area contributed by atoms with E-state index in [4.69, 9.17) is 0 Å². The third-order valence-corrected chi connectivity index (χ3v) is 2.17. The molecule has 2 nitrogen and oxygen atoms in total. The fraction of sp³-hybridized carbons (Fsp3) is 0.143. The molecule has 0 N–H and O–H groups in total. The van der Waals surface area contributed by atoms with Gasteiger partial charge in [0.25, 0.3) is 6.43 Å². The Kier molecular flexibility index (Phi) is 3.07. The molecule has 0 unspecified atom stereocenters. The highest BCUT2D eigenvalue weighted by molar-refractivity contribution is 14.1. The van der Waals surface area contributed by atoms with E-state index >= 15 is 0 Å². The van der Waals surface area contributed by atoms with Crippen molar-refractivity contribution in [3.63, 3.8) is 0 Å². The van der Waals surface area contributed by atoms with Crippen molar-refractivity contribution in [1.82, 2.24) is 4.98 Å². The van der Waals surface area contributed by atoms with Gasteiger partial charge in [-0.3, -0.25) is 9.78 Å². The van der Waals surface area contributed by atoms with Gasteiger partial charge in [0.1, 0.15) is 0 Å². The molecule has 0 saturated heterocycles. The van der Waals surface area contributed by atoms with Gasteiger partial charge in [-0.15, -0.1) is 0 Å². The van der Waals surface area contributed by atoms with Gasteiger partial charge < -0.3 is 0 Å². The Morgan fingerprint density at radius 3 is 2.58 bits per heavy atom. The first-order valence-electron chi connectivity index (χ1n) is 3.03. The van der Waals surface area contributed by atoms with Crippen molar-refractivity contribution in [2.75, 3.05) is 0 Å². The first-order valence-corrected chi connectivity index (χ1v) is 4.11. The predicted molar refractivity (Wildman–Crippen MR) is 47.3 cm³/mol. The van der Waals surface area contributed by atoms with Crippen molar-refractivity contribution in [3.8, 4) is 0 Å². The molecule has 1 rings (SSSR count). The zero-order chi connectivity index (χ0) is 9.14. The number of carbonyl (C=O) groups excluding carboxylic acids is 1. The van der Waals surface area contributed by atoms with Crippen LogP contribution in [0, 0.1) is 3.57 Å². The third kappa shape index (κ3) is 1.77. The highest BCUT2D eigenvalue weighted by Crippen LogP contribution is 2.25. The van der Waals surface area contributed by atoms with E-state index in [-0.39, 0.29) is 11.1 Å². The van der Waals surface area contributed by atoms with Crippen LogP contribution in [0.3, 0.4) is 0 Å². The minimum absolute atomic E-state index is 0.0445. The Morgan fingerprint density at radius 2 is 2.17 bits per heavy atom. The molecule has 1 aromatic heterocycles. The molecule has 0 saturated carbocycles. The zero-order valence-electron chi connectivity index (χ0n) is 5.80. The number of aromatic nitrogens is 1. The van der Waals surface area contributed by atoms with Crippen LogP contribution in [0.5, 0.6) is 0 Å². The summed E-state index contributed by atoms with van der Waals surface area (Å²) in [6.07, 6.45) is 0.197. The number of carbonyl (C=O) groups is 1. The number of pyridine rings is 1. The van der Waals surface area contributed by atoms with Crippen LogP contribution >= 0.6 is 22.6 Å². The second-order valence-corrected chi connectivity index (χ2v) is 3.20. The summed E-state index contributed by atoms with van der Waals surface area (Å²) < 4.78 is 24.9. The van der Waals surface area contributed by atoms with E-state index in [0.29, 0.717) is 9.86 Å². The normalized spacial score (nSPS) is 10.3. The number of nitrogens with zero attached hydrogens (tertiary/aromatic N) is 1. The first-order chi connectivity index (χ1) is 5.66. The van der Waals surface area contributed by atoms with E-state index in [1.807, 2.05) is 0 Å². The van der Waals surface area contributed by atoms with Crippen molar-refractivity contribution >= 4 is 28.9 Å². The van der Waals surface area contributed by atoms with Crippen LogP contribution in [0.1, 0.15) is 22.3 Å². The van der Waals surface area contributed by atoms with E-state index < -0.39 is 6.43 Å². The second kappa shape index (κ2) is 3.88. The maximum absolute atomic E-state index is 12.3. The lowest BCUT2D eigenvalue weighted by Crippen LogP contribution is -1.97. The molecule has 0 aliphatic heterocycles. The Morgan fingerprint density at radius 1 is 1.50 bits per heavy atom. The Hall–Kier alpha value is -0.590. The quantitative estimate of drug-likeness (QED) is 0.616. The molecular formula is C7H4F2INO. The standard InChI is InChI=1S/C7H4F2INO/c8-7(9)6-4(3-12)1-11-2-5(6)10/h1-3,7H. The molecule has 0 aromatic carbocycles. The highest BCUT2D eigenvalue weighted by atomic mass is 127. The predicted octanol–water partition coefficient (Wildman–Crippen LogP) is 2.44. The molecule has 0 spiro atoms. The summed E-state index contributed by atoms with van der Waals surface area (Å²) in [6, 6.07) is 0. The van der Waals surface area contributed by atoms with Gasteiger partial charge in [0, 0.05) is 27.1 Å². The summed E-state index contributed by atoms with van der Waals surface area (Å²) >= 11 is 1.72. The lowest BCUT2D eigenvalue weighted by Gasteiger charge is -2.04. The summed E-state index contributed by atoms with van der Waals surface area (Å²) in [5.41, 5.74) is -0.280. The molecule has 12 heavy (non-hydrogen) atoms. The number of alkyl halides is 2. The highest BCUT2D eigenvalue weighted by Gasteiger charge is 2.16. The van der Waals surface area contributed by atoms with E-state index in [0.717, 1.165) is 6.20 Å². The van der Waals surface area contributed by atoms with Gasteiger partial charge in [0.2, 0.25) is 0 Å². The van der Waals surface area contributed by atoms with Crippen LogP contribution in [0.25, 0.3) is 0 Å². The Balaban J connectivity index is 3.29. The molecule has 1 heterocycles. The van der Waals surface area contributed by atoms with Crippen molar-refractivity contribution in [3.05, 3.63) is 27.1 Å². The van der Waals surface area contributed by atoms with Gasteiger partial charge in [-0.25, -0.2) is 8.78 Å². The third-order valence-electron chi connectivity index (χ3n) is 1.31. The average molecular weight is 283 g/mol. The van der Waals surface area contributed by atoms with E-state index in [2.05, 4.69) is 4.98 Å². The fourth-order valence-corrected chi connectivity index (χ4v) is 1.49. The SMILES string of the molecule is O=Cc1cncc(I)c1C(F)F. The molecule has 0 aliphatic rings. The molecule has 0 bridgehead atoms.